The Morgan fingerprint density at radius 3 is 1.04 bits per heavy atom. The van der Waals surface area contributed by atoms with Crippen molar-refractivity contribution in [3.8, 4) is 0 Å². The largest absolute Gasteiger partial charge is 0.451 e. The summed E-state index contributed by atoms with van der Waals surface area (Å²) in [7, 11) is 4.30. The molecule has 1 heterocycles. The van der Waals surface area contributed by atoms with Crippen molar-refractivity contribution in [1.29, 1.82) is 0 Å². The maximum absolute atomic E-state index is 14.4. The minimum absolute atomic E-state index is 0.0325. The fourth-order valence-corrected chi connectivity index (χ4v) is 6.61. The van der Waals surface area contributed by atoms with Gasteiger partial charge in [-0.2, -0.15) is 0 Å². The summed E-state index contributed by atoms with van der Waals surface area (Å²) in [6, 6.07) is 23.4. The van der Waals surface area contributed by atoms with Crippen molar-refractivity contribution in [3.05, 3.63) is 108 Å². The molecular weight excluding hydrogens is 714 g/mol. The molecule has 12 heteroatoms. The first kappa shape index (κ1) is 43.2. The number of rotatable bonds is 9. The van der Waals surface area contributed by atoms with Crippen LogP contribution in [-0.2, 0) is 62.2 Å². The van der Waals surface area contributed by atoms with Gasteiger partial charge in [-0.15, -0.1) is 0 Å². The molecule has 12 nitrogen and oxygen atoms in total. The van der Waals surface area contributed by atoms with Gasteiger partial charge in [0.05, 0.1) is 0 Å². The molecule has 0 aliphatic carbocycles. The molecule has 1 aliphatic rings. The third-order valence-electron chi connectivity index (χ3n) is 10.2. The maximum atomic E-state index is 14.4. The number of hydrogen-bond acceptors (Lipinski definition) is 9. The first-order chi connectivity index (χ1) is 26.6. The second-order valence-electron chi connectivity index (χ2n) is 15.0. The topological polar surface area (TPSA) is 140 Å². The highest BCUT2D eigenvalue weighted by molar-refractivity contribution is 5.94. The van der Waals surface area contributed by atoms with Crippen LogP contribution >= 0.6 is 0 Å². The van der Waals surface area contributed by atoms with Crippen molar-refractivity contribution in [2.45, 2.75) is 96.7 Å². The Labute approximate surface area is 330 Å². The fourth-order valence-electron chi connectivity index (χ4n) is 6.61. The van der Waals surface area contributed by atoms with E-state index in [9.17, 15) is 28.8 Å². The quantitative estimate of drug-likeness (QED) is 0.225. The predicted molar refractivity (Wildman–Crippen MR) is 210 cm³/mol. The standard InChI is InChI=1S/C44H55N3O9/c1-9-36-39(48)45(6)34(26-31-21-15-11-16-22-31)43(52)55-38(29(4)5)41(50)47(8)35(27-32-23-17-12-18-24-32)44(53)56-37(28(2)3)40(49)46(7)33(42(51)54-36)25-30-19-13-10-14-20-30/h10-24,28-29,33-38H,9,25-27H2,1-8H3/t33-,34-,35-,36+,37+,38+/m0/s1. The van der Waals surface area contributed by atoms with Gasteiger partial charge in [0.25, 0.3) is 17.7 Å². The van der Waals surface area contributed by atoms with Crippen molar-refractivity contribution in [1.82, 2.24) is 14.7 Å². The van der Waals surface area contributed by atoms with Gasteiger partial charge in [0.15, 0.2) is 18.3 Å². The molecule has 0 unspecified atom stereocenters. The minimum Gasteiger partial charge on any atom is -0.451 e. The Kier molecular flexibility index (Phi) is 15.3. The van der Waals surface area contributed by atoms with E-state index in [-0.39, 0.29) is 25.7 Å². The number of carbonyl (C=O) groups excluding carboxylic acids is 6. The van der Waals surface area contributed by atoms with Gasteiger partial charge in [-0.1, -0.05) is 126 Å². The molecular formula is C44H55N3O9. The molecule has 0 spiro atoms. The number of ether oxygens (including phenoxy) is 3. The summed E-state index contributed by atoms with van der Waals surface area (Å²) in [5.41, 5.74) is 2.16. The third kappa shape index (κ3) is 10.8. The summed E-state index contributed by atoms with van der Waals surface area (Å²) < 4.78 is 17.9. The minimum atomic E-state index is -1.36. The lowest BCUT2D eigenvalue weighted by atomic mass is 10.00. The van der Waals surface area contributed by atoms with Crippen LogP contribution in [0.2, 0.25) is 0 Å². The third-order valence-corrected chi connectivity index (χ3v) is 10.2. The molecule has 0 saturated carbocycles. The second kappa shape index (κ2) is 19.9. The van der Waals surface area contributed by atoms with E-state index < -0.39 is 83.9 Å². The van der Waals surface area contributed by atoms with E-state index in [0.717, 1.165) is 16.7 Å². The van der Waals surface area contributed by atoms with Gasteiger partial charge in [-0.05, 0) is 34.9 Å². The molecule has 1 aliphatic heterocycles. The average Bonchev–Trinajstić information content (AvgIpc) is 3.19. The highest BCUT2D eigenvalue weighted by atomic mass is 16.6. The van der Waals surface area contributed by atoms with E-state index >= 15 is 0 Å². The average molecular weight is 770 g/mol. The summed E-state index contributed by atoms with van der Waals surface area (Å²) in [6.07, 6.45) is -3.87. The second-order valence-corrected chi connectivity index (χ2v) is 15.0. The van der Waals surface area contributed by atoms with E-state index in [2.05, 4.69) is 0 Å². The molecule has 0 N–H and O–H groups in total. The number of benzene rings is 3. The molecule has 0 aromatic heterocycles. The van der Waals surface area contributed by atoms with Gasteiger partial charge in [-0.3, -0.25) is 14.4 Å². The summed E-state index contributed by atoms with van der Waals surface area (Å²) in [5.74, 6) is -5.61. The number of likely N-dealkylation sites (N-methyl/N-ethyl adjacent to an activating group) is 3. The molecule has 6 atom stereocenters. The Balaban J connectivity index is 1.86. The first-order valence-corrected chi connectivity index (χ1v) is 19.2. The van der Waals surface area contributed by atoms with Crippen molar-refractivity contribution in [2.75, 3.05) is 21.1 Å². The lowest BCUT2D eigenvalue weighted by Gasteiger charge is -2.36. The van der Waals surface area contributed by atoms with Crippen molar-refractivity contribution >= 4 is 35.6 Å². The van der Waals surface area contributed by atoms with Gasteiger partial charge in [-0.25, -0.2) is 14.4 Å². The Bertz CT molecular complexity index is 1760. The molecule has 1 fully saturated rings. The van der Waals surface area contributed by atoms with Crippen molar-refractivity contribution in [3.63, 3.8) is 0 Å². The van der Waals surface area contributed by atoms with Gasteiger partial charge in [0, 0.05) is 40.4 Å². The highest BCUT2D eigenvalue weighted by Gasteiger charge is 2.43. The number of carbonyl (C=O) groups is 6. The van der Waals surface area contributed by atoms with E-state index in [0.29, 0.717) is 0 Å². The molecule has 0 bridgehead atoms. The van der Waals surface area contributed by atoms with Crippen LogP contribution in [0.3, 0.4) is 0 Å². The highest BCUT2D eigenvalue weighted by Crippen LogP contribution is 2.23. The molecule has 1 saturated heterocycles. The smallest absolute Gasteiger partial charge is 0.329 e. The Morgan fingerprint density at radius 1 is 0.464 bits per heavy atom. The van der Waals surface area contributed by atoms with Crippen LogP contribution in [0.4, 0.5) is 0 Å². The molecule has 0 radical (unpaired) electrons. The lowest BCUT2D eigenvalue weighted by Crippen LogP contribution is -2.56. The van der Waals surface area contributed by atoms with Crippen LogP contribution < -0.4 is 0 Å². The Hall–Kier alpha value is -5.52. The van der Waals surface area contributed by atoms with Gasteiger partial charge >= 0.3 is 17.9 Å². The predicted octanol–water partition coefficient (Wildman–Crippen LogP) is 4.67. The zero-order chi connectivity index (χ0) is 41.1. The number of esters is 3. The zero-order valence-electron chi connectivity index (χ0n) is 33.6. The Morgan fingerprint density at radius 2 is 0.750 bits per heavy atom. The zero-order valence-corrected chi connectivity index (χ0v) is 33.6. The first-order valence-electron chi connectivity index (χ1n) is 19.2. The van der Waals surface area contributed by atoms with Gasteiger partial charge in [0.1, 0.15) is 18.1 Å². The summed E-state index contributed by atoms with van der Waals surface area (Å²) in [5, 5.41) is 0. The molecule has 3 aromatic carbocycles. The lowest BCUT2D eigenvalue weighted by molar-refractivity contribution is -0.178. The molecule has 3 aromatic rings. The van der Waals surface area contributed by atoms with Crippen LogP contribution in [0.1, 0.15) is 57.7 Å². The van der Waals surface area contributed by atoms with Crippen molar-refractivity contribution in [2.24, 2.45) is 11.8 Å². The van der Waals surface area contributed by atoms with E-state index in [1.54, 1.807) is 107 Å². The summed E-state index contributed by atoms with van der Waals surface area (Å²) >= 11 is 0. The molecule has 56 heavy (non-hydrogen) atoms. The molecule has 300 valence electrons. The van der Waals surface area contributed by atoms with Crippen LogP contribution in [0, 0.1) is 11.8 Å². The van der Waals surface area contributed by atoms with Crippen molar-refractivity contribution < 1.29 is 43.0 Å². The van der Waals surface area contributed by atoms with E-state index in [1.165, 1.54) is 35.8 Å². The van der Waals surface area contributed by atoms with Crippen LogP contribution in [0.5, 0.6) is 0 Å². The number of nitrogens with zero attached hydrogens (tertiary/aromatic N) is 3. The van der Waals surface area contributed by atoms with Crippen LogP contribution in [0.25, 0.3) is 0 Å². The number of amides is 3. The van der Waals surface area contributed by atoms with Gasteiger partial charge in [0.2, 0.25) is 0 Å². The fraction of sp³-hybridized carbons (Fsp3) is 0.455. The van der Waals surface area contributed by atoms with Gasteiger partial charge < -0.3 is 28.9 Å². The summed E-state index contributed by atoms with van der Waals surface area (Å²) in [6.45, 7) is 8.52. The van der Waals surface area contributed by atoms with E-state index in [4.69, 9.17) is 14.2 Å². The number of cyclic esters (lactones) is 3. The SMILES string of the molecule is CC[C@H]1OC(=O)[C@H](Cc2ccccc2)N(C)C(=O)[C@@H](C(C)C)OC(=O)[C@H](Cc2ccccc2)N(C)C(=O)[C@@H](C(C)C)OC(=O)[C@H](Cc2ccccc2)N(C)C1=O. The van der Waals surface area contributed by atoms with E-state index in [1.807, 2.05) is 18.2 Å². The van der Waals surface area contributed by atoms with Crippen LogP contribution in [-0.4, -0.2) is 108 Å². The summed E-state index contributed by atoms with van der Waals surface area (Å²) in [4.78, 5) is 89.3. The number of hydrogen-bond donors (Lipinski definition) is 0. The van der Waals surface area contributed by atoms with Crippen LogP contribution in [0.15, 0.2) is 91.0 Å². The monoisotopic (exact) mass is 769 g/mol. The normalized spacial score (nSPS) is 23.8. The maximum Gasteiger partial charge on any atom is 0.329 e. The molecule has 4 rings (SSSR count). The molecule has 3 amide bonds.